The Morgan fingerprint density at radius 1 is 0.458 bits per heavy atom. The quantitative estimate of drug-likeness (QED) is 0.161. The smallest absolute Gasteiger partial charge is 0.335 e. The van der Waals surface area contributed by atoms with Crippen LogP contribution in [-0.2, 0) is 0 Å². The molecule has 0 unspecified atom stereocenters. The van der Waals surface area contributed by atoms with Gasteiger partial charge in [-0.1, -0.05) is 24.3 Å². The van der Waals surface area contributed by atoms with Gasteiger partial charge in [0.05, 0.1) is 33.2 Å². The molecule has 11 rings (SSSR count). The van der Waals surface area contributed by atoms with Crippen LogP contribution in [-0.4, -0.2) is 40.9 Å². The third kappa shape index (κ3) is 2.76. The number of aromatic carboxylic acids is 2. The molecule has 0 aliphatic carbocycles. The molecule has 0 fully saturated rings. The number of rotatable bonds is 2. The van der Waals surface area contributed by atoms with E-state index in [0.717, 1.165) is 53.9 Å². The van der Waals surface area contributed by atoms with Gasteiger partial charge in [-0.25, -0.2) is 19.6 Å². The number of imidazole rings is 2. The second kappa shape index (κ2) is 8.06. The topological polar surface area (TPSA) is 143 Å². The Balaban J connectivity index is 1.32. The zero-order valence-electron chi connectivity index (χ0n) is 24.4. The van der Waals surface area contributed by atoms with Crippen molar-refractivity contribution >= 4 is 110 Å². The summed E-state index contributed by atoms with van der Waals surface area (Å²) in [6.07, 6.45) is 0. The van der Waals surface area contributed by atoms with Gasteiger partial charge >= 0.3 is 11.9 Å². The number of carboxylic acids is 2. The predicted octanol–water partition coefficient (Wildman–Crippen LogP) is 6.64. The van der Waals surface area contributed by atoms with Crippen LogP contribution in [0, 0.1) is 0 Å². The lowest BCUT2D eigenvalue weighted by Crippen LogP contribution is -2.14. The lowest BCUT2D eigenvalue weighted by atomic mass is 9.86. The van der Waals surface area contributed by atoms with Crippen molar-refractivity contribution in [2.45, 2.75) is 0 Å². The summed E-state index contributed by atoms with van der Waals surface area (Å²) < 4.78 is 3.00. The minimum atomic E-state index is -1.08. The summed E-state index contributed by atoms with van der Waals surface area (Å²) in [7, 11) is 0. The number of pyridine rings is 2. The van der Waals surface area contributed by atoms with E-state index in [4.69, 9.17) is 9.97 Å². The monoisotopic (exact) mass is 624 g/mol. The number of carboxylic acid groups (broad SMARTS) is 2. The molecular weight excluding hydrogens is 608 g/mol. The van der Waals surface area contributed by atoms with Crippen LogP contribution < -0.4 is 11.1 Å². The summed E-state index contributed by atoms with van der Waals surface area (Å²) >= 11 is 0. The molecule has 224 valence electrons. The van der Waals surface area contributed by atoms with Crippen molar-refractivity contribution < 1.29 is 19.8 Å². The van der Waals surface area contributed by atoms with Crippen LogP contribution >= 0.6 is 0 Å². The molecule has 0 bridgehead atoms. The van der Waals surface area contributed by atoms with E-state index in [9.17, 15) is 29.4 Å². The van der Waals surface area contributed by atoms with Crippen molar-refractivity contribution in [1.29, 1.82) is 0 Å². The van der Waals surface area contributed by atoms with Crippen molar-refractivity contribution in [2.24, 2.45) is 0 Å². The SMILES string of the molecule is O=C(O)c1ccc2nc3c4ccc5c6ccc7c(=O)n8c9cc(C(=O)O)ccc9nc8c8ccc(c9ccc(c(=O)n3c2c1)c4c95)c6c78. The summed E-state index contributed by atoms with van der Waals surface area (Å²) in [4.78, 5) is 61.3. The second-order valence-electron chi connectivity index (χ2n) is 12.3. The van der Waals surface area contributed by atoms with Crippen LogP contribution in [0.25, 0.3) is 98.0 Å². The zero-order chi connectivity index (χ0) is 32.3. The third-order valence-corrected chi connectivity index (χ3v) is 10.1. The van der Waals surface area contributed by atoms with E-state index in [0.29, 0.717) is 44.1 Å². The molecular formula is C38H16N4O6. The van der Waals surface area contributed by atoms with Crippen LogP contribution in [0.15, 0.2) is 94.5 Å². The molecule has 0 amide bonds. The summed E-state index contributed by atoms with van der Waals surface area (Å²) in [6, 6.07) is 24.6. The van der Waals surface area contributed by atoms with Gasteiger partial charge in [-0.3, -0.25) is 18.4 Å². The van der Waals surface area contributed by atoms with E-state index >= 15 is 0 Å². The molecule has 0 aliphatic rings. The van der Waals surface area contributed by atoms with Gasteiger partial charge < -0.3 is 10.2 Å². The molecule has 0 spiro atoms. The largest absolute Gasteiger partial charge is 0.478 e. The van der Waals surface area contributed by atoms with Gasteiger partial charge in [-0.05, 0) is 93.0 Å². The first-order valence-electron chi connectivity index (χ1n) is 15.1. The highest BCUT2D eigenvalue weighted by Gasteiger charge is 2.24. The summed E-state index contributed by atoms with van der Waals surface area (Å²) in [5.41, 5.74) is 2.44. The number of benzene rings is 7. The molecule has 0 saturated heterocycles. The maximum absolute atomic E-state index is 14.1. The first-order chi connectivity index (χ1) is 23.3. The Morgan fingerprint density at radius 2 is 0.792 bits per heavy atom. The van der Waals surface area contributed by atoms with Gasteiger partial charge in [0.2, 0.25) is 0 Å². The normalized spacial score (nSPS) is 12.7. The molecule has 4 heterocycles. The highest BCUT2D eigenvalue weighted by molar-refractivity contribution is 6.40. The molecule has 0 saturated carbocycles. The molecule has 48 heavy (non-hydrogen) atoms. The Kier molecular flexibility index (Phi) is 4.25. The fourth-order valence-corrected chi connectivity index (χ4v) is 8.05. The fraction of sp³-hybridized carbons (Fsp3) is 0. The Hall–Kier alpha value is -6.94. The Labute approximate surface area is 264 Å². The highest BCUT2D eigenvalue weighted by Crippen LogP contribution is 2.45. The number of hydrogen-bond donors (Lipinski definition) is 2. The number of hydrogen-bond acceptors (Lipinski definition) is 6. The van der Waals surface area contributed by atoms with E-state index in [1.165, 1.54) is 33.1 Å². The lowest BCUT2D eigenvalue weighted by molar-refractivity contribution is 0.0686. The highest BCUT2D eigenvalue weighted by atomic mass is 16.4. The minimum absolute atomic E-state index is 0.0738. The predicted molar refractivity (Wildman–Crippen MR) is 184 cm³/mol. The standard InChI is InChI=1S/C38H16N4O6/c43-35-23-9-5-19-18-4-8-22-32-24(36(44)42-28-14-16(38(47)48)2-12-26(28)40-34(22)42)10-6-20(30(18)32)17-3-7-21(31(23)29(17)19)33-39-25-11-1-15(37(45)46)13-27(25)41(33)35/h1-14H,(H,45,46)(H,47,48). The second-order valence-corrected chi connectivity index (χ2v) is 12.3. The van der Waals surface area contributed by atoms with Crippen molar-refractivity contribution in [3.05, 3.63) is 117 Å². The first-order valence-corrected chi connectivity index (χ1v) is 15.1. The maximum atomic E-state index is 14.1. The first kappa shape index (κ1) is 25.3. The van der Waals surface area contributed by atoms with Crippen LogP contribution in [0.3, 0.4) is 0 Å². The molecule has 10 heteroatoms. The van der Waals surface area contributed by atoms with Crippen molar-refractivity contribution in [3.63, 3.8) is 0 Å². The Bertz CT molecular complexity index is 3200. The van der Waals surface area contributed by atoms with Gasteiger partial charge in [0.1, 0.15) is 11.3 Å². The number of carbonyl (C=O) groups is 2. The molecule has 0 aliphatic heterocycles. The molecule has 0 radical (unpaired) electrons. The van der Waals surface area contributed by atoms with Gasteiger partial charge in [-0.15, -0.1) is 0 Å². The molecule has 0 atom stereocenters. The molecule has 4 aromatic heterocycles. The number of fused-ring (bicyclic) bond motifs is 10. The van der Waals surface area contributed by atoms with Gasteiger partial charge in [0.25, 0.3) is 11.1 Å². The number of aromatic nitrogens is 4. The van der Waals surface area contributed by atoms with Crippen LogP contribution in [0.4, 0.5) is 0 Å². The average molecular weight is 625 g/mol. The van der Waals surface area contributed by atoms with E-state index in [1.54, 1.807) is 12.1 Å². The lowest BCUT2D eigenvalue weighted by Gasteiger charge is -2.18. The molecule has 11 aromatic rings. The zero-order valence-corrected chi connectivity index (χ0v) is 24.4. The van der Waals surface area contributed by atoms with Gasteiger partial charge in [-0.2, -0.15) is 0 Å². The van der Waals surface area contributed by atoms with Crippen LogP contribution in [0.1, 0.15) is 20.7 Å². The fourth-order valence-electron chi connectivity index (χ4n) is 8.05. The summed E-state index contributed by atoms with van der Waals surface area (Å²) in [5, 5.41) is 28.8. The van der Waals surface area contributed by atoms with Crippen molar-refractivity contribution in [2.75, 3.05) is 0 Å². The number of nitrogens with zero attached hydrogens (tertiary/aromatic N) is 4. The van der Waals surface area contributed by atoms with E-state index in [1.807, 2.05) is 48.5 Å². The summed E-state index contributed by atoms with van der Waals surface area (Å²) in [6.45, 7) is 0. The third-order valence-electron chi connectivity index (χ3n) is 10.1. The van der Waals surface area contributed by atoms with Crippen molar-refractivity contribution in [3.8, 4) is 0 Å². The maximum Gasteiger partial charge on any atom is 0.335 e. The molecule has 7 aromatic carbocycles. The Morgan fingerprint density at radius 3 is 1.17 bits per heavy atom. The van der Waals surface area contributed by atoms with Crippen LogP contribution in [0.2, 0.25) is 0 Å². The average Bonchev–Trinajstić information content (AvgIpc) is 3.67. The van der Waals surface area contributed by atoms with E-state index < -0.39 is 11.9 Å². The van der Waals surface area contributed by atoms with Gasteiger partial charge in [0.15, 0.2) is 0 Å². The molecule has 10 nitrogen and oxygen atoms in total. The van der Waals surface area contributed by atoms with E-state index in [-0.39, 0.29) is 22.2 Å². The summed E-state index contributed by atoms with van der Waals surface area (Å²) in [5.74, 6) is -2.17. The van der Waals surface area contributed by atoms with Crippen molar-refractivity contribution in [1.82, 2.24) is 18.8 Å². The van der Waals surface area contributed by atoms with E-state index in [2.05, 4.69) is 0 Å². The van der Waals surface area contributed by atoms with Crippen LogP contribution in [0.5, 0.6) is 0 Å². The molecule has 2 N–H and O–H groups in total. The van der Waals surface area contributed by atoms with Gasteiger partial charge in [0, 0.05) is 32.3 Å². The minimum Gasteiger partial charge on any atom is -0.478 e.